The van der Waals surface area contributed by atoms with Gasteiger partial charge in [0.05, 0.1) is 0 Å². The summed E-state index contributed by atoms with van der Waals surface area (Å²) in [5.41, 5.74) is 1.24. The number of rotatable bonds is 3. The van der Waals surface area contributed by atoms with Gasteiger partial charge in [0, 0.05) is 0 Å². The minimum Gasteiger partial charge on any atom is -0.210 e. The average Bonchev–Trinajstić information content (AvgIpc) is 2.30. The molecule has 0 amide bonds. The molecule has 1 N–H and O–H groups in total. The molecule has 4 heteroatoms. The van der Waals surface area contributed by atoms with Crippen molar-refractivity contribution in [2.24, 2.45) is 0 Å². The molecule has 1 radical (unpaired) electrons. The van der Waals surface area contributed by atoms with Crippen LogP contribution in [0.25, 0.3) is 0 Å². The first-order valence-electron chi connectivity index (χ1n) is 5.17. The van der Waals surface area contributed by atoms with E-state index in [4.69, 9.17) is 5.14 Å². The van der Waals surface area contributed by atoms with Crippen molar-refractivity contribution in [1.82, 2.24) is 5.14 Å². The van der Waals surface area contributed by atoms with E-state index in [1.807, 2.05) is 12.1 Å². The zero-order valence-corrected chi connectivity index (χ0v) is 9.89. The van der Waals surface area contributed by atoms with Gasteiger partial charge >= 0.3 is 0 Å². The van der Waals surface area contributed by atoms with E-state index < -0.39 is 15.3 Å². The zero-order chi connectivity index (χ0) is 12.3. The normalized spacial score (nSPS) is 11.6. The molecular weight excluding hydrogens is 234 g/mol. The third-order valence-corrected chi connectivity index (χ3v) is 3.68. The Labute approximate surface area is 101 Å². The van der Waals surface area contributed by atoms with Gasteiger partial charge in [-0.1, -0.05) is 60.7 Å². The fourth-order valence-electron chi connectivity index (χ4n) is 1.81. The van der Waals surface area contributed by atoms with Gasteiger partial charge in [-0.15, -0.1) is 5.14 Å². The second-order valence-electron chi connectivity index (χ2n) is 3.75. The highest BCUT2D eigenvalue weighted by Gasteiger charge is 2.25. The molecule has 87 valence electrons. The van der Waals surface area contributed by atoms with Crippen LogP contribution in [-0.4, -0.2) is 8.42 Å². The summed E-state index contributed by atoms with van der Waals surface area (Å²) < 4.78 is 23.2. The minimum atomic E-state index is -3.92. The largest absolute Gasteiger partial charge is 0.236 e. The monoisotopic (exact) mass is 246 g/mol. The lowest BCUT2D eigenvalue weighted by Gasteiger charge is -2.14. The highest BCUT2D eigenvalue weighted by molar-refractivity contribution is 7.89. The highest BCUT2D eigenvalue weighted by Crippen LogP contribution is 2.28. The average molecular weight is 246 g/mol. The Morgan fingerprint density at radius 3 is 1.41 bits per heavy atom. The van der Waals surface area contributed by atoms with Crippen molar-refractivity contribution in [3.8, 4) is 0 Å². The maximum absolute atomic E-state index is 11.6. The highest BCUT2D eigenvalue weighted by atomic mass is 32.2. The van der Waals surface area contributed by atoms with Gasteiger partial charge in [0.2, 0.25) is 10.0 Å². The van der Waals surface area contributed by atoms with Crippen molar-refractivity contribution < 1.29 is 8.42 Å². The Balaban J connectivity index is 2.56. The topological polar surface area (TPSA) is 57.9 Å². The van der Waals surface area contributed by atoms with Crippen LogP contribution >= 0.6 is 0 Å². The predicted octanol–water partition coefficient (Wildman–Crippen LogP) is 2.39. The molecule has 0 bridgehead atoms. The summed E-state index contributed by atoms with van der Waals surface area (Å²) in [6, 6.07) is 17.6. The van der Waals surface area contributed by atoms with E-state index in [0.29, 0.717) is 11.1 Å². The molecule has 3 nitrogen and oxygen atoms in total. The first-order valence-corrected chi connectivity index (χ1v) is 6.72. The predicted molar refractivity (Wildman–Crippen MR) is 66.7 cm³/mol. The van der Waals surface area contributed by atoms with Gasteiger partial charge in [0.15, 0.2) is 0 Å². The van der Waals surface area contributed by atoms with E-state index in [2.05, 4.69) is 0 Å². The van der Waals surface area contributed by atoms with Crippen LogP contribution in [0.4, 0.5) is 0 Å². The Kier molecular flexibility index (Phi) is 3.26. The van der Waals surface area contributed by atoms with Crippen molar-refractivity contribution in [1.29, 1.82) is 0 Å². The van der Waals surface area contributed by atoms with E-state index in [-0.39, 0.29) is 0 Å². The summed E-state index contributed by atoms with van der Waals surface area (Å²) in [4.78, 5) is 0. The van der Waals surface area contributed by atoms with E-state index in [9.17, 15) is 8.42 Å². The van der Waals surface area contributed by atoms with Crippen LogP contribution in [0.15, 0.2) is 60.7 Å². The van der Waals surface area contributed by atoms with Gasteiger partial charge in [-0.25, -0.2) is 8.42 Å². The molecule has 0 unspecified atom stereocenters. The van der Waals surface area contributed by atoms with Crippen molar-refractivity contribution in [3.05, 3.63) is 71.8 Å². The van der Waals surface area contributed by atoms with Crippen LogP contribution in [0.2, 0.25) is 0 Å². The number of hydrogen-bond donors (Lipinski definition) is 0. The molecule has 0 aliphatic rings. The molecular formula is C13H12NO2S. The van der Waals surface area contributed by atoms with Crippen LogP contribution in [0.1, 0.15) is 16.4 Å². The second kappa shape index (κ2) is 4.69. The zero-order valence-electron chi connectivity index (χ0n) is 9.08. The maximum Gasteiger partial charge on any atom is 0.236 e. The summed E-state index contributed by atoms with van der Waals surface area (Å²) in [5.74, 6) is 0. The molecule has 0 atom stereocenters. The molecule has 2 rings (SSSR count). The first kappa shape index (κ1) is 11.8. The van der Waals surface area contributed by atoms with Crippen LogP contribution in [0, 0.1) is 0 Å². The molecule has 2 aromatic carbocycles. The molecule has 0 aliphatic carbocycles. The van der Waals surface area contributed by atoms with E-state index in [1.54, 1.807) is 48.5 Å². The third kappa shape index (κ3) is 2.72. The molecule has 0 aliphatic heterocycles. The Morgan fingerprint density at radius 2 is 1.12 bits per heavy atom. The van der Waals surface area contributed by atoms with Gasteiger partial charge < -0.3 is 0 Å². The lowest BCUT2D eigenvalue weighted by Crippen LogP contribution is -2.15. The fourth-order valence-corrected chi connectivity index (χ4v) is 2.84. The first-order chi connectivity index (χ1) is 8.09. The number of sulfonamides is 1. The fraction of sp³-hybridized carbons (Fsp3) is 0.0769. The maximum atomic E-state index is 11.6. The van der Waals surface area contributed by atoms with E-state index >= 15 is 0 Å². The summed E-state index contributed by atoms with van der Waals surface area (Å²) in [6.45, 7) is 0. The van der Waals surface area contributed by atoms with Crippen LogP contribution in [0.3, 0.4) is 0 Å². The van der Waals surface area contributed by atoms with Crippen LogP contribution in [0.5, 0.6) is 0 Å². The summed E-state index contributed by atoms with van der Waals surface area (Å²) in [5, 5.41) is 6.42. The molecule has 0 aromatic heterocycles. The molecule has 2 aromatic rings. The molecule has 17 heavy (non-hydrogen) atoms. The molecule has 0 fully saturated rings. The molecule has 0 spiro atoms. The minimum absolute atomic E-state index is 0.619. The van der Waals surface area contributed by atoms with Crippen molar-refractivity contribution in [2.75, 3.05) is 0 Å². The molecule has 0 saturated heterocycles. The van der Waals surface area contributed by atoms with Crippen LogP contribution < -0.4 is 5.14 Å². The lowest BCUT2D eigenvalue weighted by atomic mass is 10.0. The quantitative estimate of drug-likeness (QED) is 0.834. The van der Waals surface area contributed by atoms with E-state index in [1.165, 1.54) is 0 Å². The van der Waals surface area contributed by atoms with Crippen molar-refractivity contribution >= 4 is 10.0 Å². The van der Waals surface area contributed by atoms with Gasteiger partial charge in [-0.3, -0.25) is 0 Å². The van der Waals surface area contributed by atoms with Gasteiger partial charge in [0.25, 0.3) is 0 Å². The van der Waals surface area contributed by atoms with Crippen molar-refractivity contribution in [3.63, 3.8) is 0 Å². The lowest BCUT2D eigenvalue weighted by molar-refractivity contribution is 0.589. The standard InChI is InChI=1S/C13H12NO2S/c14-17(15,16)13(11-7-3-1-4-8-11)12-9-5-2-6-10-12/h1-10,13-14H. The van der Waals surface area contributed by atoms with Gasteiger partial charge in [-0.2, -0.15) is 0 Å². The van der Waals surface area contributed by atoms with Crippen molar-refractivity contribution in [2.45, 2.75) is 5.25 Å². The summed E-state index contributed by atoms with van der Waals surface area (Å²) in [7, 11) is -3.92. The Hall–Kier alpha value is -1.65. The molecule has 0 saturated carbocycles. The van der Waals surface area contributed by atoms with Gasteiger partial charge in [-0.05, 0) is 11.1 Å². The Bertz CT molecular complexity index is 540. The second-order valence-corrected chi connectivity index (χ2v) is 5.31. The number of benzene rings is 2. The van der Waals surface area contributed by atoms with Gasteiger partial charge in [0.1, 0.15) is 5.25 Å². The smallest absolute Gasteiger partial charge is 0.210 e. The van der Waals surface area contributed by atoms with Crippen LogP contribution in [-0.2, 0) is 10.0 Å². The number of nitrogens with one attached hydrogen (secondary N) is 1. The van der Waals surface area contributed by atoms with E-state index in [0.717, 1.165) is 0 Å². The summed E-state index contributed by atoms with van der Waals surface area (Å²) in [6.07, 6.45) is 0. The molecule has 0 heterocycles. The Morgan fingerprint density at radius 1 is 0.765 bits per heavy atom. The number of hydrogen-bond acceptors (Lipinski definition) is 2. The third-order valence-electron chi connectivity index (χ3n) is 2.51. The SMILES string of the molecule is [NH]S(=O)(=O)C(c1ccccc1)c1ccccc1. The summed E-state index contributed by atoms with van der Waals surface area (Å²) >= 11 is 0.